The van der Waals surface area contributed by atoms with Gasteiger partial charge in [0, 0.05) is 16.5 Å². The summed E-state index contributed by atoms with van der Waals surface area (Å²) in [6, 6.07) is 0. The van der Waals surface area contributed by atoms with Gasteiger partial charge in [0.15, 0.2) is 0 Å². The smallest absolute Gasteiger partial charge is 0.309 e. The molecule has 1 aliphatic rings. The van der Waals surface area contributed by atoms with E-state index >= 15 is 0 Å². The maximum atomic E-state index is 11.9. The van der Waals surface area contributed by atoms with Crippen molar-refractivity contribution >= 4 is 17.3 Å². The van der Waals surface area contributed by atoms with Crippen molar-refractivity contribution in [3.8, 4) is 0 Å². The topological polar surface area (TPSA) is 70.4 Å². The molecule has 34 heavy (non-hydrogen) atoms. The molecule has 1 saturated carbocycles. The van der Waals surface area contributed by atoms with Crippen LogP contribution in [0.1, 0.15) is 147 Å². The fourth-order valence-corrected chi connectivity index (χ4v) is 7.01. The van der Waals surface area contributed by atoms with Crippen LogP contribution in [-0.4, -0.2) is 21.2 Å². The Morgan fingerprint density at radius 3 is 2.44 bits per heavy atom. The molecule has 1 aromatic rings. The molecular formula is C29H51NO3S. The normalized spacial score (nSPS) is 28.7. The molecule has 1 aromatic heterocycles. The Kier molecular flexibility index (Phi) is 11.5. The summed E-state index contributed by atoms with van der Waals surface area (Å²) in [5.74, 6) is -0.415. The highest BCUT2D eigenvalue weighted by atomic mass is 32.1. The van der Waals surface area contributed by atoms with Crippen molar-refractivity contribution in [2.24, 2.45) is 11.3 Å². The highest BCUT2D eigenvalue weighted by Gasteiger charge is 2.38. The van der Waals surface area contributed by atoms with E-state index in [2.05, 4.69) is 33.9 Å². The number of hydrogen-bond acceptors (Lipinski definition) is 4. The van der Waals surface area contributed by atoms with E-state index in [4.69, 9.17) is 4.98 Å². The van der Waals surface area contributed by atoms with Crippen molar-refractivity contribution in [1.29, 1.82) is 0 Å². The number of aromatic nitrogens is 1. The van der Waals surface area contributed by atoms with E-state index in [1.165, 1.54) is 56.2 Å². The minimum absolute atomic E-state index is 0.139. The van der Waals surface area contributed by atoms with Crippen LogP contribution < -0.4 is 0 Å². The van der Waals surface area contributed by atoms with Crippen molar-refractivity contribution in [2.45, 2.75) is 148 Å². The standard InChI is InChI=1S/C29H51NO3S/c1-6-8-10-12-17-27(4,16-9-7-2)24-22-30-25(34-24)29(33)19-14-11-13-18-28(5,26(31)32)21-23(3)15-20-29/h22-23,33H,6-21H2,1-5H3,(H,31,32). The molecule has 1 aliphatic carbocycles. The second-order valence-corrected chi connectivity index (χ2v) is 12.8. The third kappa shape index (κ3) is 8.05. The SMILES string of the molecule is CCCCCCC(C)(CCCC)c1cnc(C2(O)CCCCCC(C)(C(=O)O)CC(C)CC2)s1. The van der Waals surface area contributed by atoms with Crippen LogP contribution in [0.2, 0.25) is 0 Å². The van der Waals surface area contributed by atoms with Crippen LogP contribution in [0.4, 0.5) is 0 Å². The van der Waals surface area contributed by atoms with Gasteiger partial charge in [-0.1, -0.05) is 85.5 Å². The largest absolute Gasteiger partial charge is 0.481 e. The molecule has 0 aliphatic heterocycles. The van der Waals surface area contributed by atoms with Crippen LogP contribution in [0, 0.1) is 11.3 Å². The lowest BCUT2D eigenvalue weighted by Gasteiger charge is -2.30. The van der Waals surface area contributed by atoms with Gasteiger partial charge in [-0.2, -0.15) is 0 Å². The summed E-state index contributed by atoms with van der Waals surface area (Å²) < 4.78 is 0. The average molecular weight is 494 g/mol. The molecule has 1 heterocycles. The number of carboxylic acids is 1. The molecule has 1 fully saturated rings. The van der Waals surface area contributed by atoms with Crippen molar-refractivity contribution in [2.75, 3.05) is 0 Å². The van der Waals surface area contributed by atoms with E-state index in [1.54, 1.807) is 11.3 Å². The van der Waals surface area contributed by atoms with E-state index < -0.39 is 17.0 Å². The molecule has 0 bridgehead atoms. The number of aliphatic carboxylic acids is 1. The van der Waals surface area contributed by atoms with E-state index in [-0.39, 0.29) is 11.3 Å². The predicted octanol–water partition coefficient (Wildman–Crippen LogP) is 8.61. The molecule has 2 rings (SSSR count). The monoisotopic (exact) mass is 493 g/mol. The van der Waals surface area contributed by atoms with E-state index in [0.29, 0.717) is 12.8 Å². The molecule has 0 spiro atoms. The minimum Gasteiger partial charge on any atom is -0.481 e. The van der Waals surface area contributed by atoms with Gasteiger partial charge >= 0.3 is 5.97 Å². The van der Waals surface area contributed by atoms with E-state index in [1.807, 2.05) is 6.92 Å². The Bertz CT molecular complexity index is 749. The van der Waals surface area contributed by atoms with Gasteiger partial charge in [0.1, 0.15) is 10.6 Å². The summed E-state index contributed by atoms with van der Waals surface area (Å²) in [5.41, 5.74) is -1.41. The molecule has 5 heteroatoms. The number of carbonyl (C=O) groups is 1. The zero-order valence-electron chi connectivity index (χ0n) is 22.6. The summed E-state index contributed by atoms with van der Waals surface area (Å²) in [4.78, 5) is 18.1. The molecule has 196 valence electrons. The minimum atomic E-state index is -0.894. The third-order valence-corrected chi connectivity index (χ3v) is 9.84. The maximum absolute atomic E-state index is 11.9. The number of thiazole rings is 1. The van der Waals surface area contributed by atoms with Crippen molar-refractivity contribution in [1.82, 2.24) is 4.98 Å². The lowest BCUT2D eigenvalue weighted by atomic mass is 9.76. The maximum Gasteiger partial charge on any atom is 0.309 e. The lowest BCUT2D eigenvalue weighted by molar-refractivity contribution is -0.149. The number of rotatable bonds is 11. The van der Waals surface area contributed by atoms with Crippen LogP contribution in [0.3, 0.4) is 0 Å². The first-order valence-corrected chi connectivity index (χ1v) is 14.8. The first-order chi connectivity index (χ1) is 16.1. The molecule has 2 N–H and O–H groups in total. The average Bonchev–Trinajstić information content (AvgIpc) is 3.30. The predicted molar refractivity (Wildman–Crippen MR) is 143 cm³/mol. The number of hydrogen-bond donors (Lipinski definition) is 2. The third-order valence-electron chi connectivity index (χ3n) is 8.35. The van der Waals surface area contributed by atoms with Gasteiger partial charge < -0.3 is 10.2 Å². The summed E-state index contributed by atoms with van der Waals surface area (Å²) in [6.45, 7) is 11.0. The molecule has 4 nitrogen and oxygen atoms in total. The van der Waals surface area contributed by atoms with Crippen molar-refractivity contribution in [3.63, 3.8) is 0 Å². The number of unbranched alkanes of at least 4 members (excludes halogenated alkanes) is 4. The van der Waals surface area contributed by atoms with E-state index in [9.17, 15) is 15.0 Å². The van der Waals surface area contributed by atoms with Crippen LogP contribution in [0.15, 0.2) is 6.20 Å². The summed E-state index contributed by atoms with van der Waals surface area (Å²) in [7, 11) is 0. The summed E-state index contributed by atoms with van der Waals surface area (Å²) >= 11 is 1.74. The second-order valence-electron chi connectivity index (χ2n) is 11.8. The zero-order chi connectivity index (χ0) is 25.2. The Morgan fingerprint density at radius 2 is 1.76 bits per heavy atom. The molecular weight excluding hydrogens is 442 g/mol. The van der Waals surface area contributed by atoms with Gasteiger partial charge in [-0.3, -0.25) is 4.79 Å². The molecule has 0 aromatic carbocycles. The van der Waals surface area contributed by atoms with Gasteiger partial charge in [0.05, 0.1) is 5.41 Å². The summed E-state index contributed by atoms with van der Waals surface area (Å²) in [5, 5.41) is 22.5. The Hall–Kier alpha value is -0.940. The molecule has 4 atom stereocenters. The van der Waals surface area contributed by atoms with Crippen molar-refractivity contribution < 1.29 is 15.0 Å². The molecule has 0 radical (unpaired) electrons. The highest BCUT2D eigenvalue weighted by Crippen LogP contribution is 2.44. The second kappa shape index (κ2) is 13.4. The lowest BCUT2D eigenvalue weighted by Crippen LogP contribution is -2.30. The quantitative estimate of drug-likeness (QED) is 0.303. The van der Waals surface area contributed by atoms with E-state index in [0.717, 1.165) is 43.5 Å². The fraction of sp³-hybridized carbons (Fsp3) is 0.862. The first kappa shape index (κ1) is 29.3. The first-order valence-electron chi connectivity index (χ1n) is 14.0. The number of carboxylic acid groups (broad SMARTS) is 1. The summed E-state index contributed by atoms with van der Waals surface area (Å²) in [6.07, 6.45) is 18.4. The van der Waals surface area contributed by atoms with Gasteiger partial charge in [0.25, 0.3) is 0 Å². The Morgan fingerprint density at radius 1 is 1.09 bits per heavy atom. The van der Waals surface area contributed by atoms with Crippen molar-refractivity contribution in [3.05, 3.63) is 16.1 Å². The van der Waals surface area contributed by atoms with Crippen LogP contribution in [0.5, 0.6) is 0 Å². The fourth-order valence-electron chi connectivity index (χ4n) is 5.75. The Labute approximate surface area is 213 Å². The molecule has 0 amide bonds. The molecule has 4 unspecified atom stereocenters. The van der Waals surface area contributed by atoms with Gasteiger partial charge in [-0.25, -0.2) is 4.98 Å². The number of nitrogens with zero attached hydrogens (tertiary/aromatic N) is 1. The van der Waals surface area contributed by atoms with Crippen LogP contribution in [0.25, 0.3) is 0 Å². The van der Waals surface area contributed by atoms with Gasteiger partial charge in [0.2, 0.25) is 0 Å². The zero-order valence-corrected chi connectivity index (χ0v) is 23.4. The van der Waals surface area contributed by atoms with Crippen LogP contribution in [-0.2, 0) is 15.8 Å². The van der Waals surface area contributed by atoms with Crippen LogP contribution >= 0.6 is 11.3 Å². The van der Waals surface area contributed by atoms with Gasteiger partial charge in [-0.05, 0) is 57.8 Å². The number of aliphatic hydroxyl groups is 1. The Balaban J connectivity index is 2.21. The highest BCUT2D eigenvalue weighted by molar-refractivity contribution is 7.11. The van der Waals surface area contributed by atoms with Gasteiger partial charge in [-0.15, -0.1) is 11.3 Å². The molecule has 0 saturated heterocycles.